The largest absolute Gasteiger partial charge is 0.493 e. The Labute approximate surface area is 222 Å². The summed E-state index contributed by atoms with van der Waals surface area (Å²) in [5.41, 5.74) is 15.1. The molecule has 0 radical (unpaired) electrons. The van der Waals surface area contributed by atoms with Crippen LogP contribution in [0.1, 0.15) is 32.9 Å². The molecule has 0 unspecified atom stereocenters. The maximum Gasteiger partial charge on any atom is 0.293 e. The number of ether oxygens (including phenoxy) is 2. The minimum atomic E-state index is -0.427. The van der Waals surface area contributed by atoms with Crippen molar-refractivity contribution in [3.05, 3.63) is 70.5 Å². The van der Waals surface area contributed by atoms with Gasteiger partial charge in [-0.2, -0.15) is 4.98 Å². The number of fused-ring (bicyclic) bond motifs is 2. The second-order valence-corrected chi connectivity index (χ2v) is 8.87. The first kappa shape index (κ1) is 25.8. The van der Waals surface area contributed by atoms with Crippen LogP contribution in [0.25, 0.3) is 21.9 Å². The van der Waals surface area contributed by atoms with Crippen molar-refractivity contribution in [1.82, 2.24) is 20.0 Å². The number of furan rings is 1. The fourth-order valence-corrected chi connectivity index (χ4v) is 4.62. The molecule has 0 saturated carbocycles. The number of H-pyrrole nitrogens is 1. The first-order valence-electron chi connectivity index (χ1n) is 11.9. The van der Waals surface area contributed by atoms with Gasteiger partial charge in [-0.1, -0.05) is 0 Å². The van der Waals surface area contributed by atoms with Gasteiger partial charge in [-0.3, -0.25) is 9.63 Å². The normalized spacial score (nSPS) is 11.3. The van der Waals surface area contributed by atoms with E-state index in [0.29, 0.717) is 51.3 Å². The van der Waals surface area contributed by atoms with Crippen molar-refractivity contribution in [2.45, 2.75) is 12.8 Å². The molecule has 0 saturated heterocycles. The van der Waals surface area contributed by atoms with Gasteiger partial charge < -0.3 is 30.3 Å². The number of carbonyl (C=O) groups is 1. The van der Waals surface area contributed by atoms with Crippen molar-refractivity contribution in [3.8, 4) is 11.5 Å². The molecule has 39 heavy (non-hydrogen) atoms. The van der Waals surface area contributed by atoms with Crippen LogP contribution in [0.2, 0.25) is 0 Å². The third-order valence-electron chi connectivity index (χ3n) is 6.58. The lowest BCUT2D eigenvalue weighted by molar-refractivity contribution is -0.0760. The van der Waals surface area contributed by atoms with E-state index in [1.807, 2.05) is 12.1 Å². The molecule has 0 spiro atoms. The van der Waals surface area contributed by atoms with E-state index in [4.69, 9.17) is 30.2 Å². The van der Waals surface area contributed by atoms with Gasteiger partial charge in [0.25, 0.3) is 5.91 Å². The number of nitrogens with two attached hydrogens (primary N) is 2. The highest BCUT2D eigenvalue weighted by Crippen LogP contribution is 2.41. The molecule has 0 aliphatic heterocycles. The number of benzene rings is 2. The summed E-state index contributed by atoms with van der Waals surface area (Å²) < 4.78 is 31.7. The minimum absolute atomic E-state index is 0.0824. The average Bonchev–Trinajstić information content (AvgIpc) is 3.50. The molecule has 5 N–H and O–H groups in total. The van der Waals surface area contributed by atoms with Gasteiger partial charge in [-0.15, -0.1) is 0 Å². The smallest absolute Gasteiger partial charge is 0.293 e. The van der Waals surface area contributed by atoms with E-state index in [0.717, 1.165) is 16.0 Å². The lowest BCUT2D eigenvalue weighted by Crippen LogP contribution is -2.26. The zero-order valence-electron chi connectivity index (χ0n) is 21.8. The third-order valence-corrected chi connectivity index (χ3v) is 6.58. The van der Waals surface area contributed by atoms with E-state index in [1.165, 1.54) is 40.5 Å². The highest BCUT2D eigenvalue weighted by atomic mass is 19.1. The maximum absolute atomic E-state index is 14.2. The predicted molar refractivity (Wildman–Crippen MR) is 143 cm³/mol. The van der Waals surface area contributed by atoms with Gasteiger partial charge in [0.2, 0.25) is 11.7 Å². The quantitative estimate of drug-likeness (QED) is 0.252. The Hall–Kier alpha value is -4.84. The number of aromatic nitrogens is 3. The monoisotopic (exact) mass is 534 g/mol. The number of carbonyl (C=O) groups excluding carboxylic acids is 1. The second kappa shape index (κ2) is 10.1. The molecule has 1 amide bonds. The molecule has 3 heterocycles. The number of nitrogens with one attached hydrogen (secondary N) is 1. The van der Waals surface area contributed by atoms with Crippen LogP contribution in [-0.2, 0) is 17.7 Å². The Morgan fingerprint density at radius 1 is 1.08 bits per heavy atom. The van der Waals surface area contributed by atoms with Crippen molar-refractivity contribution in [2.24, 2.45) is 0 Å². The van der Waals surface area contributed by atoms with Crippen LogP contribution in [0.4, 0.5) is 16.2 Å². The van der Waals surface area contributed by atoms with Gasteiger partial charge >= 0.3 is 0 Å². The third kappa shape index (κ3) is 4.66. The van der Waals surface area contributed by atoms with Crippen molar-refractivity contribution in [3.63, 3.8) is 0 Å². The number of anilines is 2. The van der Waals surface area contributed by atoms with Crippen LogP contribution in [0.5, 0.6) is 11.5 Å². The van der Waals surface area contributed by atoms with Crippen molar-refractivity contribution < 1.29 is 27.9 Å². The van der Waals surface area contributed by atoms with Gasteiger partial charge in [0.05, 0.1) is 21.3 Å². The Kier molecular flexibility index (Phi) is 6.71. The molecule has 12 heteroatoms. The highest BCUT2D eigenvalue weighted by Gasteiger charge is 2.25. The first-order chi connectivity index (χ1) is 18.7. The minimum Gasteiger partial charge on any atom is -0.493 e. The zero-order valence-corrected chi connectivity index (χ0v) is 21.8. The molecular formula is C27H27FN6O5. The number of methoxy groups -OCH3 is 2. The standard InChI is InChI=1S/C27H27FN6O5/c1-34(38-4)26(35)22-19(18-9-15(28)5-6-20(18)32-22)11-16-10-17-13(7-14-12-31-27(30)33-25(14)29)8-21(36-2)24(37-3)23(17)39-16/h5-6,8-10,12,32H,7,11H2,1-4H3,(H4,29,30,31,33). The highest BCUT2D eigenvalue weighted by molar-refractivity contribution is 6.01. The van der Waals surface area contributed by atoms with Crippen molar-refractivity contribution in [1.29, 1.82) is 0 Å². The molecule has 5 rings (SSSR count). The molecule has 0 aliphatic carbocycles. The summed E-state index contributed by atoms with van der Waals surface area (Å²) in [7, 11) is 5.93. The number of hydrogen-bond acceptors (Lipinski definition) is 9. The van der Waals surface area contributed by atoms with Gasteiger partial charge in [0, 0.05) is 47.9 Å². The summed E-state index contributed by atoms with van der Waals surface area (Å²) in [5.74, 6) is 0.882. The predicted octanol–water partition coefficient (Wildman–Crippen LogP) is 3.84. The molecular weight excluding hydrogens is 507 g/mol. The average molecular weight is 535 g/mol. The SMILES string of the molecule is COc1cc(Cc2cnc(N)nc2N)c2cc(Cc3c(C(=O)N(C)OC)[nH]c4ccc(F)cc34)oc2c1OC. The number of aromatic amines is 1. The van der Waals surface area contributed by atoms with Crippen molar-refractivity contribution in [2.75, 3.05) is 39.8 Å². The summed E-state index contributed by atoms with van der Waals surface area (Å²) in [6, 6.07) is 7.98. The fourth-order valence-electron chi connectivity index (χ4n) is 4.62. The fraction of sp³-hybridized carbons (Fsp3) is 0.222. The van der Waals surface area contributed by atoms with Crippen LogP contribution >= 0.6 is 0 Å². The Morgan fingerprint density at radius 2 is 1.87 bits per heavy atom. The van der Waals surface area contributed by atoms with Crippen LogP contribution in [-0.4, -0.2) is 54.3 Å². The van der Waals surface area contributed by atoms with Crippen molar-refractivity contribution >= 4 is 39.5 Å². The maximum atomic E-state index is 14.2. The van der Waals surface area contributed by atoms with Gasteiger partial charge in [0.15, 0.2) is 11.3 Å². The number of nitrogen functional groups attached to an aromatic ring is 2. The summed E-state index contributed by atoms with van der Waals surface area (Å²) >= 11 is 0. The summed E-state index contributed by atoms with van der Waals surface area (Å²) in [4.78, 5) is 29.4. The summed E-state index contributed by atoms with van der Waals surface area (Å²) in [6.07, 6.45) is 2.11. The Bertz CT molecular complexity index is 1710. The van der Waals surface area contributed by atoms with Gasteiger partial charge in [-0.25, -0.2) is 14.4 Å². The number of rotatable bonds is 8. The van der Waals surface area contributed by atoms with E-state index in [9.17, 15) is 9.18 Å². The molecule has 0 aliphatic rings. The molecule has 3 aromatic heterocycles. The number of hydrogen-bond donors (Lipinski definition) is 3. The van der Waals surface area contributed by atoms with E-state index in [-0.39, 0.29) is 23.9 Å². The van der Waals surface area contributed by atoms with E-state index < -0.39 is 11.7 Å². The van der Waals surface area contributed by atoms with Crippen LogP contribution < -0.4 is 20.9 Å². The lowest BCUT2D eigenvalue weighted by Gasteiger charge is -2.13. The number of halogens is 1. The molecule has 202 valence electrons. The number of amides is 1. The number of hydroxylamine groups is 2. The zero-order chi connectivity index (χ0) is 27.8. The molecule has 0 fully saturated rings. The molecule has 5 aromatic rings. The second-order valence-electron chi connectivity index (χ2n) is 8.87. The topological polar surface area (TPSA) is 155 Å². The van der Waals surface area contributed by atoms with Crippen LogP contribution in [0.3, 0.4) is 0 Å². The van der Waals surface area contributed by atoms with E-state index >= 15 is 0 Å². The Balaban J connectivity index is 1.66. The molecule has 0 bridgehead atoms. The Morgan fingerprint density at radius 3 is 2.56 bits per heavy atom. The van der Waals surface area contributed by atoms with E-state index in [2.05, 4.69) is 15.0 Å². The number of nitrogens with zero attached hydrogens (tertiary/aromatic N) is 3. The van der Waals surface area contributed by atoms with Gasteiger partial charge in [0.1, 0.15) is 23.1 Å². The molecule has 2 aromatic carbocycles. The molecule has 11 nitrogen and oxygen atoms in total. The lowest BCUT2D eigenvalue weighted by atomic mass is 10.0. The molecule has 0 atom stereocenters. The van der Waals surface area contributed by atoms with Gasteiger partial charge in [-0.05, 0) is 41.5 Å². The summed E-state index contributed by atoms with van der Waals surface area (Å²) in [6.45, 7) is 0. The van der Waals surface area contributed by atoms with Crippen LogP contribution in [0.15, 0.2) is 40.9 Å². The van der Waals surface area contributed by atoms with E-state index in [1.54, 1.807) is 12.3 Å². The summed E-state index contributed by atoms with van der Waals surface area (Å²) in [5, 5.41) is 2.39. The first-order valence-corrected chi connectivity index (χ1v) is 11.9. The van der Waals surface area contributed by atoms with Crippen LogP contribution in [0, 0.1) is 5.82 Å².